The van der Waals surface area contributed by atoms with E-state index in [0.717, 1.165) is 18.9 Å². The van der Waals surface area contributed by atoms with Crippen molar-refractivity contribution in [1.29, 1.82) is 0 Å². The molecule has 14 heavy (non-hydrogen) atoms. The molecule has 1 unspecified atom stereocenters. The van der Waals surface area contributed by atoms with Gasteiger partial charge in [-0.1, -0.05) is 22.9 Å². The molecule has 0 spiro atoms. The molecule has 0 aliphatic carbocycles. The number of halogens is 3. The first-order valence-corrected chi connectivity index (χ1v) is 5.59. The minimum atomic E-state index is -0.367. The first kappa shape index (κ1) is 11.6. The Balaban J connectivity index is 2.53. The maximum absolute atomic E-state index is 13.1. The molecule has 1 rings (SSSR count). The molecule has 3 heteroatoms. The number of rotatable bonds is 4. The Morgan fingerprint density at radius 2 is 2.07 bits per heavy atom. The molecule has 1 atom stereocenters. The minimum absolute atomic E-state index is 0.311. The quantitative estimate of drug-likeness (QED) is 0.718. The molecule has 0 aliphatic rings. The van der Waals surface area contributed by atoms with E-state index in [2.05, 4.69) is 15.9 Å². The van der Waals surface area contributed by atoms with E-state index in [-0.39, 0.29) is 11.6 Å². The van der Waals surface area contributed by atoms with Gasteiger partial charge in [0.25, 0.3) is 0 Å². The normalized spacial score (nSPS) is 12.9. The van der Waals surface area contributed by atoms with Crippen LogP contribution in [0.4, 0.5) is 8.78 Å². The highest BCUT2D eigenvalue weighted by Crippen LogP contribution is 2.15. The van der Waals surface area contributed by atoms with Gasteiger partial charge >= 0.3 is 0 Å². The van der Waals surface area contributed by atoms with Gasteiger partial charge in [0.1, 0.15) is 11.6 Å². The van der Waals surface area contributed by atoms with Crippen LogP contribution in [0.15, 0.2) is 18.2 Å². The molecular weight excluding hydrogens is 250 g/mol. The van der Waals surface area contributed by atoms with E-state index < -0.39 is 0 Å². The summed E-state index contributed by atoms with van der Waals surface area (Å²) in [6, 6.07) is 3.60. The van der Waals surface area contributed by atoms with E-state index in [9.17, 15) is 8.78 Å². The molecule has 78 valence electrons. The molecule has 0 aliphatic heterocycles. The average Bonchev–Trinajstić information content (AvgIpc) is 2.10. The van der Waals surface area contributed by atoms with Crippen molar-refractivity contribution in [3.05, 3.63) is 35.4 Å². The molecule has 1 aromatic carbocycles. The van der Waals surface area contributed by atoms with Gasteiger partial charge in [-0.05, 0) is 43.0 Å². The Morgan fingerprint density at radius 1 is 1.36 bits per heavy atom. The van der Waals surface area contributed by atoms with Crippen molar-refractivity contribution in [2.45, 2.75) is 31.0 Å². The zero-order valence-corrected chi connectivity index (χ0v) is 9.65. The first-order chi connectivity index (χ1) is 6.59. The minimum Gasteiger partial charge on any atom is -0.207 e. The molecule has 0 N–H and O–H groups in total. The second-order valence-corrected chi connectivity index (χ2v) is 4.97. The molecule has 0 radical (unpaired) electrons. The Labute approximate surface area is 91.5 Å². The summed E-state index contributed by atoms with van der Waals surface area (Å²) in [5, 5.41) is 0. The summed E-state index contributed by atoms with van der Waals surface area (Å²) in [5.74, 6) is -0.679. The lowest BCUT2D eigenvalue weighted by Gasteiger charge is -2.04. The van der Waals surface area contributed by atoms with Gasteiger partial charge in [0.05, 0.1) is 0 Å². The van der Waals surface area contributed by atoms with Crippen LogP contribution in [0.25, 0.3) is 0 Å². The highest BCUT2D eigenvalue weighted by molar-refractivity contribution is 9.09. The Kier molecular flexibility index (Phi) is 4.52. The molecule has 0 heterocycles. The number of benzene rings is 1. The maximum atomic E-state index is 13.1. The van der Waals surface area contributed by atoms with Crippen molar-refractivity contribution in [2.24, 2.45) is 0 Å². The fourth-order valence-electron chi connectivity index (χ4n) is 1.31. The molecule has 1 aromatic rings. The summed E-state index contributed by atoms with van der Waals surface area (Å²) in [4.78, 5) is 0.430. The zero-order valence-electron chi connectivity index (χ0n) is 8.06. The lowest BCUT2D eigenvalue weighted by atomic mass is 10.1. The number of hydrogen-bond acceptors (Lipinski definition) is 0. The largest absolute Gasteiger partial charge is 0.207 e. The molecule has 0 saturated heterocycles. The SMILES string of the molecule is CC(Br)CCCc1cc(F)ccc1F. The second-order valence-electron chi connectivity index (χ2n) is 3.41. The molecular formula is C11H13BrF2. The van der Waals surface area contributed by atoms with Crippen molar-refractivity contribution in [3.63, 3.8) is 0 Å². The van der Waals surface area contributed by atoms with E-state index in [0.29, 0.717) is 16.8 Å². The van der Waals surface area contributed by atoms with E-state index >= 15 is 0 Å². The van der Waals surface area contributed by atoms with Crippen molar-refractivity contribution < 1.29 is 8.78 Å². The fourth-order valence-corrected chi connectivity index (χ4v) is 1.63. The third-order valence-electron chi connectivity index (χ3n) is 2.06. The predicted molar refractivity (Wildman–Crippen MR) is 57.7 cm³/mol. The van der Waals surface area contributed by atoms with Gasteiger partial charge in [-0.2, -0.15) is 0 Å². The summed E-state index contributed by atoms with van der Waals surface area (Å²) in [5.41, 5.74) is 0.471. The van der Waals surface area contributed by atoms with Crippen molar-refractivity contribution in [1.82, 2.24) is 0 Å². The lowest BCUT2D eigenvalue weighted by molar-refractivity contribution is 0.578. The maximum Gasteiger partial charge on any atom is 0.126 e. The fraction of sp³-hybridized carbons (Fsp3) is 0.455. The average molecular weight is 263 g/mol. The lowest BCUT2D eigenvalue weighted by Crippen LogP contribution is -1.95. The zero-order chi connectivity index (χ0) is 10.6. The monoisotopic (exact) mass is 262 g/mol. The number of hydrogen-bond donors (Lipinski definition) is 0. The van der Waals surface area contributed by atoms with Crippen molar-refractivity contribution in [3.8, 4) is 0 Å². The van der Waals surface area contributed by atoms with Crippen LogP contribution in [0, 0.1) is 11.6 Å². The summed E-state index contributed by atoms with van der Waals surface area (Å²) in [7, 11) is 0. The van der Waals surface area contributed by atoms with Gasteiger partial charge in [-0.15, -0.1) is 0 Å². The number of alkyl halides is 1. The van der Waals surface area contributed by atoms with Crippen LogP contribution in [0.5, 0.6) is 0 Å². The van der Waals surface area contributed by atoms with E-state index in [4.69, 9.17) is 0 Å². The second kappa shape index (κ2) is 5.44. The van der Waals surface area contributed by atoms with Crippen LogP contribution in [-0.2, 0) is 6.42 Å². The van der Waals surface area contributed by atoms with E-state index in [1.54, 1.807) is 0 Å². The van der Waals surface area contributed by atoms with Crippen LogP contribution >= 0.6 is 15.9 Å². The first-order valence-electron chi connectivity index (χ1n) is 4.67. The summed E-state index contributed by atoms with van der Waals surface area (Å²) in [6.45, 7) is 2.04. The van der Waals surface area contributed by atoms with Crippen molar-refractivity contribution >= 4 is 15.9 Å². The Bertz CT molecular complexity index is 297. The van der Waals surface area contributed by atoms with E-state index in [1.165, 1.54) is 12.1 Å². The molecule has 0 fully saturated rings. The third kappa shape index (κ3) is 3.74. The van der Waals surface area contributed by atoms with Crippen molar-refractivity contribution in [2.75, 3.05) is 0 Å². The highest BCUT2D eigenvalue weighted by Gasteiger charge is 2.04. The van der Waals surface area contributed by atoms with Gasteiger partial charge in [0, 0.05) is 4.83 Å². The molecule has 0 amide bonds. The van der Waals surface area contributed by atoms with Crippen LogP contribution < -0.4 is 0 Å². The van der Waals surface area contributed by atoms with Gasteiger partial charge in [0.15, 0.2) is 0 Å². The van der Waals surface area contributed by atoms with Crippen LogP contribution in [0.3, 0.4) is 0 Å². The van der Waals surface area contributed by atoms with Gasteiger partial charge in [-0.25, -0.2) is 8.78 Å². The van der Waals surface area contributed by atoms with E-state index in [1.807, 2.05) is 6.92 Å². The van der Waals surface area contributed by atoms with Gasteiger partial charge in [-0.3, -0.25) is 0 Å². The Morgan fingerprint density at radius 3 is 2.71 bits per heavy atom. The molecule has 0 saturated carbocycles. The predicted octanol–water partition coefficient (Wildman–Crippen LogP) is 4.07. The third-order valence-corrected chi connectivity index (χ3v) is 2.51. The van der Waals surface area contributed by atoms with Gasteiger partial charge < -0.3 is 0 Å². The highest BCUT2D eigenvalue weighted by atomic mass is 79.9. The summed E-state index contributed by atoms with van der Waals surface area (Å²) < 4.78 is 25.9. The van der Waals surface area contributed by atoms with Crippen LogP contribution in [0.2, 0.25) is 0 Å². The van der Waals surface area contributed by atoms with Gasteiger partial charge in [0.2, 0.25) is 0 Å². The molecule has 0 aromatic heterocycles. The topological polar surface area (TPSA) is 0 Å². The Hall–Kier alpha value is -0.440. The smallest absolute Gasteiger partial charge is 0.126 e. The molecule has 0 nitrogen and oxygen atoms in total. The summed E-state index contributed by atoms with van der Waals surface area (Å²) in [6.07, 6.45) is 2.43. The number of aryl methyl sites for hydroxylation is 1. The van der Waals surface area contributed by atoms with Crippen LogP contribution in [0.1, 0.15) is 25.3 Å². The molecule has 0 bridgehead atoms. The van der Waals surface area contributed by atoms with Crippen LogP contribution in [-0.4, -0.2) is 4.83 Å². The standard InChI is InChI=1S/C11H13BrF2/c1-8(12)3-2-4-9-7-10(13)5-6-11(9)14/h5-8H,2-4H2,1H3. The summed E-state index contributed by atoms with van der Waals surface area (Å²) >= 11 is 3.41.